The number of rotatable bonds is 6. The van der Waals surface area contributed by atoms with Gasteiger partial charge in [-0.1, -0.05) is 30.3 Å². The molecule has 1 amide bonds. The highest BCUT2D eigenvalue weighted by Gasteiger charge is 2.13. The monoisotopic (exact) mass is 313 g/mol. The largest absolute Gasteiger partial charge is 0.312 e. The van der Waals surface area contributed by atoms with Crippen molar-refractivity contribution < 1.29 is 9.59 Å². The molecule has 4 heteroatoms. The summed E-state index contributed by atoms with van der Waals surface area (Å²) in [6.45, 7) is 4.16. The maximum absolute atomic E-state index is 12.4. The molecule has 0 bridgehead atoms. The average molecular weight is 313 g/mol. The zero-order valence-corrected chi connectivity index (χ0v) is 13.6. The fourth-order valence-electron chi connectivity index (χ4n) is 2.12. The summed E-state index contributed by atoms with van der Waals surface area (Å²) in [6, 6.07) is 17.0. The number of amides is 1. The van der Waals surface area contributed by atoms with E-state index in [1.54, 1.807) is 24.0 Å². The Morgan fingerprint density at radius 2 is 1.64 bits per heavy atom. The lowest BCUT2D eigenvalue weighted by molar-refractivity contribution is -0.116. The Hall–Kier alpha value is -2.07. The third-order valence-electron chi connectivity index (χ3n) is 3.31. The molecule has 22 heavy (non-hydrogen) atoms. The second kappa shape index (κ2) is 7.80. The first-order valence-corrected chi connectivity index (χ1v) is 8.19. The molecular formula is C18H19NO2S. The predicted molar refractivity (Wildman–Crippen MR) is 91.6 cm³/mol. The van der Waals surface area contributed by atoms with Gasteiger partial charge in [-0.25, -0.2) is 0 Å². The maximum Gasteiger partial charge on any atom is 0.237 e. The Labute approximate surface area is 135 Å². The van der Waals surface area contributed by atoms with Crippen molar-refractivity contribution in [2.24, 2.45) is 0 Å². The van der Waals surface area contributed by atoms with Crippen molar-refractivity contribution in [1.29, 1.82) is 0 Å². The van der Waals surface area contributed by atoms with Gasteiger partial charge in [-0.15, -0.1) is 11.8 Å². The van der Waals surface area contributed by atoms with E-state index in [0.29, 0.717) is 17.9 Å². The number of carbonyl (C=O) groups is 2. The van der Waals surface area contributed by atoms with Gasteiger partial charge in [-0.05, 0) is 38.1 Å². The molecule has 0 aliphatic heterocycles. The van der Waals surface area contributed by atoms with E-state index in [1.165, 1.54) is 11.8 Å². The molecule has 0 heterocycles. The van der Waals surface area contributed by atoms with Crippen molar-refractivity contribution in [3.05, 3.63) is 60.2 Å². The molecule has 2 rings (SSSR count). The standard InChI is InChI=1S/C18H19NO2S/c1-3-19(16-7-5-4-6-8-16)18(21)13-22-17-11-9-15(10-12-17)14(2)20/h4-12H,3,13H2,1-2H3. The Kier molecular flexibility index (Phi) is 5.78. The number of hydrogen-bond acceptors (Lipinski definition) is 3. The number of nitrogens with zero attached hydrogens (tertiary/aromatic N) is 1. The van der Waals surface area contributed by atoms with Gasteiger partial charge in [0.25, 0.3) is 0 Å². The zero-order chi connectivity index (χ0) is 15.9. The first kappa shape index (κ1) is 16.3. The minimum absolute atomic E-state index is 0.0499. The molecular weight excluding hydrogens is 294 g/mol. The number of anilines is 1. The molecule has 0 aliphatic rings. The quantitative estimate of drug-likeness (QED) is 0.597. The highest BCUT2D eigenvalue weighted by atomic mass is 32.2. The van der Waals surface area contributed by atoms with Gasteiger partial charge in [-0.2, -0.15) is 0 Å². The molecule has 0 saturated heterocycles. The summed E-state index contributed by atoms with van der Waals surface area (Å²) in [6.07, 6.45) is 0. The predicted octanol–water partition coefficient (Wildman–Crippen LogP) is 4.03. The Morgan fingerprint density at radius 1 is 1.00 bits per heavy atom. The van der Waals surface area contributed by atoms with Crippen LogP contribution in [-0.4, -0.2) is 24.0 Å². The van der Waals surface area contributed by atoms with Gasteiger partial charge in [0.1, 0.15) is 0 Å². The second-order valence-electron chi connectivity index (χ2n) is 4.84. The van der Waals surface area contributed by atoms with E-state index in [1.807, 2.05) is 49.4 Å². The molecule has 2 aromatic carbocycles. The fraction of sp³-hybridized carbons (Fsp3) is 0.222. The summed E-state index contributed by atoms with van der Waals surface area (Å²) in [5.41, 5.74) is 1.61. The lowest BCUT2D eigenvalue weighted by Gasteiger charge is -2.20. The molecule has 0 atom stereocenters. The summed E-state index contributed by atoms with van der Waals surface area (Å²) in [5.74, 6) is 0.505. The number of hydrogen-bond donors (Lipinski definition) is 0. The van der Waals surface area contributed by atoms with Gasteiger partial charge in [-0.3, -0.25) is 9.59 Å². The van der Waals surface area contributed by atoms with Crippen LogP contribution in [0.5, 0.6) is 0 Å². The van der Waals surface area contributed by atoms with Crippen LogP contribution in [0.4, 0.5) is 5.69 Å². The van der Waals surface area contributed by atoms with Crippen molar-refractivity contribution >= 4 is 29.1 Å². The molecule has 0 saturated carbocycles. The normalized spacial score (nSPS) is 10.3. The van der Waals surface area contributed by atoms with Crippen LogP contribution in [0, 0.1) is 0 Å². The highest BCUT2D eigenvalue weighted by Crippen LogP contribution is 2.21. The van der Waals surface area contributed by atoms with E-state index in [-0.39, 0.29) is 11.7 Å². The molecule has 2 aromatic rings. The zero-order valence-electron chi connectivity index (χ0n) is 12.8. The van der Waals surface area contributed by atoms with Gasteiger partial charge >= 0.3 is 0 Å². The van der Waals surface area contributed by atoms with E-state index in [0.717, 1.165) is 10.6 Å². The molecule has 0 aromatic heterocycles. The van der Waals surface area contributed by atoms with Gasteiger partial charge in [0, 0.05) is 22.7 Å². The van der Waals surface area contributed by atoms with Crippen LogP contribution in [0.25, 0.3) is 0 Å². The molecule has 0 fully saturated rings. The van der Waals surface area contributed by atoms with Crippen LogP contribution >= 0.6 is 11.8 Å². The van der Waals surface area contributed by atoms with Gasteiger partial charge in [0.2, 0.25) is 5.91 Å². The SMILES string of the molecule is CCN(C(=O)CSc1ccc(C(C)=O)cc1)c1ccccc1. The lowest BCUT2D eigenvalue weighted by Crippen LogP contribution is -2.32. The van der Waals surface area contributed by atoms with Crippen molar-refractivity contribution in [2.45, 2.75) is 18.7 Å². The smallest absolute Gasteiger partial charge is 0.237 e. The van der Waals surface area contributed by atoms with Gasteiger partial charge < -0.3 is 4.90 Å². The number of thioether (sulfide) groups is 1. The van der Waals surface area contributed by atoms with Crippen molar-refractivity contribution in [1.82, 2.24) is 0 Å². The molecule has 3 nitrogen and oxygen atoms in total. The van der Waals surface area contributed by atoms with Crippen molar-refractivity contribution in [3.8, 4) is 0 Å². The summed E-state index contributed by atoms with van der Waals surface area (Å²) in [4.78, 5) is 26.4. The second-order valence-corrected chi connectivity index (χ2v) is 5.89. The Morgan fingerprint density at radius 3 is 2.18 bits per heavy atom. The summed E-state index contributed by atoms with van der Waals surface area (Å²) < 4.78 is 0. The van der Waals surface area contributed by atoms with Crippen molar-refractivity contribution in [3.63, 3.8) is 0 Å². The minimum atomic E-state index is 0.0499. The van der Waals surface area contributed by atoms with Crippen LogP contribution in [-0.2, 0) is 4.79 Å². The third kappa shape index (κ3) is 4.21. The van der Waals surface area contributed by atoms with Crippen LogP contribution in [0.1, 0.15) is 24.2 Å². The number of benzene rings is 2. The lowest BCUT2D eigenvalue weighted by atomic mass is 10.2. The molecule has 114 valence electrons. The van der Waals surface area contributed by atoms with Gasteiger partial charge in [0.15, 0.2) is 5.78 Å². The van der Waals surface area contributed by atoms with E-state index < -0.39 is 0 Å². The fourth-order valence-corrected chi connectivity index (χ4v) is 2.89. The summed E-state index contributed by atoms with van der Waals surface area (Å²) >= 11 is 1.48. The van der Waals surface area contributed by atoms with E-state index >= 15 is 0 Å². The van der Waals surface area contributed by atoms with Crippen LogP contribution < -0.4 is 4.90 Å². The molecule has 0 spiro atoms. The average Bonchev–Trinajstić information content (AvgIpc) is 2.55. The molecule has 0 radical (unpaired) electrons. The molecule has 0 N–H and O–H groups in total. The molecule has 0 aliphatic carbocycles. The third-order valence-corrected chi connectivity index (χ3v) is 4.31. The highest BCUT2D eigenvalue weighted by molar-refractivity contribution is 8.00. The van der Waals surface area contributed by atoms with Crippen LogP contribution in [0.15, 0.2) is 59.5 Å². The number of carbonyl (C=O) groups excluding carboxylic acids is 2. The van der Waals surface area contributed by atoms with Crippen LogP contribution in [0.2, 0.25) is 0 Å². The number of ketones is 1. The van der Waals surface area contributed by atoms with Crippen molar-refractivity contribution in [2.75, 3.05) is 17.2 Å². The number of para-hydroxylation sites is 1. The topological polar surface area (TPSA) is 37.4 Å². The first-order valence-electron chi connectivity index (χ1n) is 7.21. The summed E-state index contributed by atoms with van der Waals surface area (Å²) in [5, 5.41) is 0. The Bertz CT molecular complexity index is 638. The maximum atomic E-state index is 12.4. The Balaban J connectivity index is 1.98. The van der Waals surface area contributed by atoms with E-state index in [9.17, 15) is 9.59 Å². The van der Waals surface area contributed by atoms with E-state index in [4.69, 9.17) is 0 Å². The van der Waals surface area contributed by atoms with Crippen LogP contribution in [0.3, 0.4) is 0 Å². The summed E-state index contributed by atoms with van der Waals surface area (Å²) in [7, 11) is 0. The number of Topliss-reactive ketones (excluding diaryl/α,β-unsaturated/α-hetero) is 1. The minimum Gasteiger partial charge on any atom is -0.312 e. The van der Waals surface area contributed by atoms with Gasteiger partial charge in [0.05, 0.1) is 5.75 Å². The van der Waals surface area contributed by atoms with E-state index in [2.05, 4.69) is 0 Å². The first-order chi connectivity index (χ1) is 10.6. The molecule has 0 unspecified atom stereocenters.